The second-order valence-electron chi connectivity index (χ2n) is 6.32. The van der Waals surface area contributed by atoms with E-state index in [2.05, 4.69) is 19.2 Å². The third kappa shape index (κ3) is 4.92. The molecule has 0 amide bonds. The van der Waals surface area contributed by atoms with E-state index in [1.807, 2.05) is 19.1 Å². The normalized spacial score (nSPS) is 16.6. The summed E-state index contributed by atoms with van der Waals surface area (Å²) in [4.78, 5) is 0.420. The number of halogens is 1. The minimum Gasteiger partial charge on any atom is -0.317 e. The zero-order chi connectivity index (χ0) is 16.2. The van der Waals surface area contributed by atoms with Crippen molar-refractivity contribution in [3.63, 3.8) is 0 Å². The van der Waals surface area contributed by atoms with E-state index in [1.54, 1.807) is 16.4 Å². The fourth-order valence-electron chi connectivity index (χ4n) is 2.97. The zero-order valence-corrected chi connectivity index (χ0v) is 15.9. The summed E-state index contributed by atoms with van der Waals surface area (Å²) in [5.41, 5.74) is 1.17. The Morgan fingerprint density at radius 3 is 2.22 bits per heavy atom. The Morgan fingerprint density at radius 1 is 1.17 bits per heavy atom. The van der Waals surface area contributed by atoms with Crippen molar-refractivity contribution in [2.75, 3.05) is 19.6 Å². The minimum absolute atomic E-state index is 0. The lowest BCUT2D eigenvalue weighted by Crippen LogP contribution is -2.46. The molecular weight excluding hydrogens is 332 g/mol. The topological polar surface area (TPSA) is 49.4 Å². The molecule has 1 heterocycles. The van der Waals surface area contributed by atoms with Gasteiger partial charge in [-0.3, -0.25) is 0 Å². The number of rotatable bonds is 6. The van der Waals surface area contributed by atoms with Crippen molar-refractivity contribution >= 4 is 22.4 Å². The number of piperidine rings is 1. The van der Waals surface area contributed by atoms with Crippen molar-refractivity contribution in [2.24, 2.45) is 0 Å². The SMILES string of the molecule is CCCN(C1CCNCC1)S(=O)(=O)c1ccc(C(C)C)cc1.Cl. The summed E-state index contributed by atoms with van der Waals surface area (Å²) in [6, 6.07) is 7.51. The molecule has 0 spiro atoms. The maximum absolute atomic E-state index is 13.0. The van der Waals surface area contributed by atoms with Gasteiger partial charge in [-0.1, -0.05) is 32.9 Å². The third-order valence-corrected chi connectivity index (χ3v) is 6.28. The van der Waals surface area contributed by atoms with Crippen LogP contribution in [-0.4, -0.2) is 38.4 Å². The summed E-state index contributed by atoms with van der Waals surface area (Å²) in [5.74, 6) is 0.410. The van der Waals surface area contributed by atoms with Crippen LogP contribution in [0, 0.1) is 0 Å². The van der Waals surface area contributed by atoms with Crippen molar-refractivity contribution in [1.29, 1.82) is 0 Å². The molecule has 0 aliphatic carbocycles. The first kappa shape index (κ1) is 20.4. The van der Waals surface area contributed by atoms with Gasteiger partial charge in [0.1, 0.15) is 0 Å². The Bertz CT molecular complexity index is 567. The molecule has 1 aliphatic heterocycles. The Morgan fingerprint density at radius 2 is 1.74 bits per heavy atom. The molecule has 4 nitrogen and oxygen atoms in total. The lowest BCUT2D eigenvalue weighted by atomic mass is 10.0. The van der Waals surface area contributed by atoms with E-state index in [-0.39, 0.29) is 18.4 Å². The van der Waals surface area contributed by atoms with Crippen LogP contribution < -0.4 is 5.32 Å². The van der Waals surface area contributed by atoms with Crippen molar-refractivity contribution in [2.45, 2.75) is 56.9 Å². The van der Waals surface area contributed by atoms with Crippen LogP contribution in [0.15, 0.2) is 29.2 Å². The van der Waals surface area contributed by atoms with Crippen molar-refractivity contribution in [3.05, 3.63) is 29.8 Å². The van der Waals surface area contributed by atoms with Crippen LogP contribution in [0.1, 0.15) is 51.5 Å². The van der Waals surface area contributed by atoms with Crippen molar-refractivity contribution in [3.8, 4) is 0 Å². The fraction of sp³-hybridized carbons (Fsp3) is 0.647. The van der Waals surface area contributed by atoms with Gasteiger partial charge in [0.05, 0.1) is 4.90 Å². The predicted molar refractivity (Wildman–Crippen MR) is 97.9 cm³/mol. The van der Waals surface area contributed by atoms with E-state index in [1.165, 1.54) is 5.56 Å². The number of sulfonamides is 1. The largest absolute Gasteiger partial charge is 0.317 e. The first-order valence-electron chi connectivity index (χ1n) is 8.29. The van der Waals surface area contributed by atoms with E-state index < -0.39 is 10.0 Å². The Labute approximate surface area is 147 Å². The van der Waals surface area contributed by atoms with Gasteiger partial charge in [-0.25, -0.2) is 8.42 Å². The van der Waals surface area contributed by atoms with Crippen LogP contribution in [0.25, 0.3) is 0 Å². The molecule has 0 aromatic heterocycles. The number of benzene rings is 1. The number of hydrogen-bond donors (Lipinski definition) is 1. The molecule has 0 radical (unpaired) electrons. The van der Waals surface area contributed by atoms with Crippen LogP contribution in [-0.2, 0) is 10.0 Å². The average molecular weight is 361 g/mol. The lowest BCUT2D eigenvalue weighted by Gasteiger charge is -2.33. The van der Waals surface area contributed by atoms with Gasteiger partial charge in [-0.15, -0.1) is 12.4 Å². The molecule has 1 aromatic carbocycles. The van der Waals surface area contributed by atoms with Crippen molar-refractivity contribution < 1.29 is 8.42 Å². The van der Waals surface area contributed by atoms with E-state index in [4.69, 9.17) is 0 Å². The molecule has 0 unspecified atom stereocenters. The minimum atomic E-state index is -3.40. The smallest absolute Gasteiger partial charge is 0.243 e. The molecule has 1 aliphatic rings. The van der Waals surface area contributed by atoms with E-state index in [0.717, 1.165) is 32.4 Å². The second-order valence-corrected chi connectivity index (χ2v) is 8.21. The molecule has 1 aromatic rings. The molecule has 0 saturated carbocycles. The van der Waals surface area contributed by atoms with E-state index in [9.17, 15) is 8.42 Å². The van der Waals surface area contributed by atoms with Crippen LogP contribution in [0.5, 0.6) is 0 Å². The van der Waals surface area contributed by atoms with Gasteiger partial charge in [-0.2, -0.15) is 4.31 Å². The van der Waals surface area contributed by atoms with Crippen LogP contribution >= 0.6 is 12.4 Å². The van der Waals surface area contributed by atoms with Crippen LogP contribution in [0.4, 0.5) is 0 Å². The maximum atomic E-state index is 13.0. The standard InChI is InChI=1S/C17H28N2O2S.ClH/c1-4-13-19(16-9-11-18-12-10-16)22(20,21)17-7-5-15(6-8-17)14(2)3;/h5-8,14,16,18H,4,9-13H2,1-3H3;1H. The Balaban J connectivity index is 0.00000264. The first-order valence-corrected chi connectivity index (χ1v) is 9.73. The molecule has 132 valence electrons. The summed E-state index contributed by atoms with van der Waals surface area (Å²) in [5, 5.41) is 3.30. The zero-order valence-electron chi connectivity index (χ0n) is 14.3. The van der Waals surface area contributed by atoms with Gasteiger partial charge in [0.25, 0.3) is 0 Å². The maximum Gasteiger partial charge on any atom is 0.243 e. The van der Waals surface area contributed by atoms with Gasteiger partial charge in [0.2, 0.25) is 10.0 Å². The Hall–Kier alpha value is -0.620. The summed E-state index contributed by atoms with van der Waals surface area (Å²) in [6.07, 6.45) is 2.62. The third-order valence-electron chi connectivity index (χ3n) is 4.31. The highest BCUT2D eigenvalue weighted by atomic mass is 35.5. The summed E-state index contributed by atoms with van der Waals surface area (Å²) in [7, 11) is -3.40. The molecule has 1 saturated heterocycles. The molecule has 0 atom stereocenters. The highest BCUT2D eigenvalue weighted by molar-refractivity contribution is 7.89. The van der Waals surface area contributed by atoms with Gasteiger partial charge in [0, 0.05) is 12.6 Å². The molecule has 23 heavy (non-hydrogen) atoms. The average Bonchev–Trinajstić information content (AvgIpc) is 2.53. The number of nitrogens with one attached hydrogen (secondary N) is 1. The highest BCUT2D eigenvalue weighted by Crippen LogP contribution is 2.24. The van der Waals surface area contributed by atoms with E-state index >= 15 is 0 Å². The van der Waals surface area contributed by atoms with Crippen LogP contribution in [0.3, 0.4) is 0 Å². The van der Waals surface area contributed by atoms with Gasteiger partial charge in [-0.05, 0) is 56.0 Å². The first-order chi connectivity index (χ1) is 10.5. The van der Waals surface area contributed by atoms with Crippen molar-refractivity contribution in [1.82, 2.24) is 9.62 Å². The molecule has 1 fully saturated rings. The molecule has 2 rings (SSSR count). The molecule has 6 heteroatoms. The second kappa shape index (κ2) is 9.02. The summed E-state index contributed by atoms with van der Waals surface area (Å²) in [6.45, 7) is 8.65. The molecular formula is C17H29ClN2O2S. The Kier molecular flexibility index (Phi) is 8.01. The number of nitrogens with zero attached hydrogens (tertiary/aromatic N) is 1. The number of hydrogen-bond acceptors (Lipinski definition) is 3. The van der Waals surface area contributed by atoms with Gasteiger partial charge in [0.15, 0.2) is 0 Å². The highest BCUT2D eigenvalue weighted by Gasteiger charge is 2.31. The predicted octanol–water partition coefficient (Wildman–Crippen LogP) is 3.38. The quantitative estimate of drug-likeness (QED) is 0.846. The summed E-state index contributed by atoms with van der Waals surface area (Å²) < 4.78 is 27.7. The van der Waals surface area contributed by atoms with Crippen LogP contribution in [0.2, 0.25) is 0 Å². The molecule has 1 N–H and O–H groups in total. The fourth-order valence-corrected chi connectivity index (χ4v) is 4.75. The van der Waals surface area contributed by atoms with Gasteiger partial charge < -0.3 is 5.32 Å². The van der Waals surface area contributed by atoms with E-state index in [0.29, 0.717) is 17.4 Å². The van der Waals surface area contributed by atoms with Gasteiger partial charge >= 0.3 is 0 Å². The monoisotopic (exact) mass is 360 g/mol. The molecule has 0 bridgehead atoms. The lowest BCUT2D eigenvalue weighted by molar-refractivity contribution is 0.262. The summed E-state index contributed by atoms with van der Waals surface area (Å²) >= 11 is 0.